The number of nitrogens with zero attached hydrogens (tertiary/aromatic N) is 1. The van der Waals surface area contributed by atoms with Crippen LogP contribution in [-0.4, -0.2) is 37.6 Å². The van der Waals surface area contributed by atoms with E-state index in [1.54, 1.807) is 0 Å². The summed E-state index contributed by atoms with van der Waals surface area (Å²) in [5, 5.41) is 3.45. The van der Waals surface area contributed by atoms with Crippen LogP contribution in [0.1, 0.15) is 45.4 Å². The van der Waals surface area contributed by atoms with Crippen LogP contribution in [0.4, 0.5) is 0 Å². The Kier molecular flexibility index (Phi) is 5.11. The van der Waals surface area contributed by atoms with Crippen LogP contribution in [-0.2, 0) is 0 Å². The Morgan fingerprint density at radius 2 is 1.69 bits per heavy atom. The van der Waals surface area contributed by atoms with Crippen molar-refractivity contribution in [1.82, 2.24) is 10.2 Å². The van der Waals surface area contributed by atoms with Gasteiger partial charge in [0.2, 0.25) is 0 Å². The van der Waals surface area contributed by atoms with Crippen molar-refractivity contribution < 1.29 is 0 Å². The number of hydrogen-bond acceptors (Lipinski definition) is 2. The van der Waals surface area contributed by atoms with E-state index in [4.69, 9.17) is 0 Å². The van der Waals surface area contributed by atoms with E-state index >= 15 is 0 Å². The van der Waals surface area contributed by atoms with Crippen molar-refractivity contribution in [2.24, 2.45) is 11.8 Å². The van der Waals surface area contributed by atoms with Crippen molar-refractivity contribution in [2.45, 2.75) is 45.4 Å². The Morgan fingerprint density at radius 1 is 1.00 bits per heavy atom. The first-order valence-corrected chi connectivity index (χ1v) is 7.31. The standard InChI is InChI=1S/C14H28N2/c1-2-13-5-10-16(11-6-13)12-7-14-3-8-15-9-4-14/h13-15H,2-12H2,1H3. The van der Waals surface area contributed by atoms with Gasteiger partial charge in [-0.3, -0.25) is 0 Å². The molecule has 0 aliphatic carbocycles. The topological polar surface area (TPSA) is 15.3 Å². The fourth-order valence-electron chi connectivity index (χ4n) is 3.15. The Morgan fingerprint density at radius 3 is 2.31 bits per heavy atom. The van der Waals surface area contributed by atoms with Gasteiger partial charge in [-0.25, -0.2) is 0 Å². The van der Waals surface area contributed by atoms with Gasteiger partial charge in [0, 0.05) is 0 Å². The second kappa shape index (κ2) is 6.61. The van der Waals surface area contributed by atoms with Gasteiger partial charge >= 0.3 is 0 Å². The Balaban J connectivity index is 1.59. The summed E-state index contributed by atoms with van der Waals surface area (Å²) in [5.41, 5.74) is 0. The zero-order valence-corrected chi connectivity index (χ0v) is 10.9. The molecule has 0 radical (unpaired) electrons. The Bertz CT molecular complexity index is 179. The van der Waals surface area contributed by atoms with E-state index in [9.17, 15) is 0 Å². The minimum absolute atomic E-state index is 1.00. The van der Waals surface area contributed by atoms with Crippen molar-refractivity contribution in [3.05, 3.63) is 0 Å². The highest BCUT2D eigenvalue weighted by Crippen LogP contribution is 2.22. The van der Waals surface area contributed by atoms with Crippen molar-refractivity contribution >= 4 is 0 Å². The lowest BCUT2D eigenvalue weighted by Gasteiger charge is -2.33. The zero-order valence-electron chi connectivity index (χ0n) is 10.9. The van der Waals surface area contributed by atoms with E-state index in [1.807, 2.05) is 0 Å². The van der Waals surface area contributed by atoms with E-state index < -0.39 is 0 Å². The molecular weight excluding hydrogens is 196 g/mol. The highest BCUT2D eigenvalue weighted by Gasteiger charge is 2.19. The van der Waals surface area contributed by atoms with E-state index in [0.29, 0.717) is 0 Å². The van der Waals surface area contributed by atoms with Crippen LogP contribution in [0.3, 0.4) is 0 Å². The molecule has 2 aliphatic heterocycles. The molecule has 2 heteroatoms. The van der Waals surface area contributed by atoms with Crippen molar-refractivity contribution in [2.75, 3.05) is 32.7 Å². The van der Waals surface area contributed by atoms with Crippen LogP contribution in [0, 0.1) is 11.8 Å². The summed E-state index contributed by atoms with van der Waals surface area (Å²) in [5.74, 6) is 2.03. The van der Waals surface area contributed by atoms with E-state index in [1.165, 1.54) is 71.2 Å². The Labute approximate surface area is 101 Å². The second-order valence-corrected chi connectivity index (χ2v) is 5.68. The maximum Gasteiger partial charge on any atom is -0.00161 e. The molecule has 2 rings (SSSR count). The molecule has 2 fully saturated rings. The van der Waals surface area contributed by atoms with Crippen LogP contribution in [0.5, 0.6) is 0 Å². The minimum Gasteiger partial charge on any atom is -0.317 e. The fraction of sp³-hybridized carbons (Fsp3) is 1.00. The van der Waals surface area contributed by atoms with Crippen molar-refractivity contribution in [1.29, 1.82) is 0 Å². The number of likely N-dealkylation sites (tertiary alicyclic amines) is 1. The third-order valence-electron chi connectivity index (χ3n) is 4.60. The molecular formula is C14H28N2. The van der Waals surface area contributed by atoms with E-state index in [0.717, 1.165) is 11.8 Å². The zero-order chi connectivity index (χ0) is 11.2. The van der Waals surface area contributed by atoms with Crippen LogP contribution in [0.15, 0.2) is 0 Å². The first-order valence-electron chi connectivity index (χ1n) is 7.31. The molecule has 0 unspecified atom stereocenters. The summed E-state index contributed by atoms with van der Waals surface area (Å²) in [6.45, 7) is 8.94. The molecule has 0 amide bonds. The van der Waals surface area contributed by atoms with Gasteiger partial charge in [0.1, 0.15) is 0 Å². The van der Waals surface area contributed by atoms with Crippen LogP contribution in [0.25, 0.3) is 0 Å². The molecule has 0 aromatic heterocycles. The lowest BCUT2D eigenvalue weighted by Crippen LogP contribution is -2.36. The molecule has 2 heterocycles. The highest BCUT2D eigenvalue weighted by molar-refractivity contribution is 4.74. The molecule has 0 aromatic rings. The molecule has 2 nitrogen and oxygen atoms in total. The normalized spacial score (nSPS) is 26.1. The second-order valence-electron chi connectivity index (χ2n) is 5.68. The Hall–Kier alpha value is -0.0800. The molecule has 0 bridgehead atoms. The molecule has 16 heavy (non-hydrogen) atoms. The lowest BCUT2D eigenvalue weighted by molar-refractivity contribution is 0.166. The highest BCUT2D eigenvalue weighted by atomic mass is 15.1. The quantitative estimate of drug-likeness (QED) is 0.789. The summed E-state index contributed by atoms with van der Waals surface area (Å²) in [4.78, 5) is 2.70. The van der Waals surface area contributed by atoms with Gasteiger partial charge in [-0.15, -0.1) is 0 Å². The summed E-state index contributed by atoms with van der Waals surface area (Å²) < 4.78 is 0. The van der Waals surface area contributed by atoms with Gasteiger partial charge in [-0.1, -0.05) is 13.3 Å². The lowest BCUT2D eigenvalue weighted by atomic mass is 9.92. The van der Waals surface area contributed by atoms with Crippen LogP contribution < -0.4 is 5.32 Å². The van der Waals surface area contributed by atoms with Crippen molar-refractivity contribution in [3.63, 3.8) is 0 Å². The van der Waals surface area contributed by atoms with Crippen LogP contribution in [0.2, 0.25) is 0 Å². The molecule has 0 saturated carbocycles. The van der Waals surface area contributed by atoms with Gasteiger partial charge in [0.25, 0.3) is 0 Å². The predicted octanol–water partition coefficient (Wildman–Crippen LogP) is 2.50. The third-order valence-corrected chi connectivity index (χ3v) is 4.60. The van der Waals surface area contributed by atoms with Crippen LogP contribution >= 0.6 is 0 Å². The number of nitrogens with one attached hydrogen (secondary N) is 1. The molecule has 1 N–H and O–H groups in total. The SMILES string of the molecule is CCC1CCN(CCC2CCNCC2)CC1. The maximum absolute atomic E-state index is 3.45. The monoisotopic (exact) mass is 224 g/mol. The van der Waals surface area contributed by atoms with E-state index in [-0.39, 0.29) is 0 Å². The smallest absolute Gasteiger partial charge is 0.00161 e. The number of piperidine rings is 2. The molecule has 0 aromatic carbocycles. The van der Waals surface area contributed by atoms with Crippen molar-refractivity contribution in [3.8, 4) is 0 Å². The average molecular weight is 224 g/mol. The fourth-order valence-corrected chi connectivity index (χ4v) is 3.15. The molecule has 2 saturated heterocycles. The first-order chi connectivity index (χ1) is 7.88. The maximum atomic E-state index is 3.45. The first kappa shape index (κ1) is 12.4. The predicted molar refractivity (Wildman–Crippen MR) is 69.7 cm³/mol. The van der Waals surface area contributed by atoms with Gasteiger partial charge in [0.05, 0.1) is 0 Å². The molecule has 2 aliphatic rings. The summed E-state index contributed by atoms with van der Waals surface area (Å²) in [6.07, 6.45) is 8.54. The number of rotatable bonds is 4. The summed E-state index contributed by atoms with van der Waals surface area (Å²) >= 11 is 0. The van der Waals surface area contributed by atoms with Gasteiger partial charge in [-0.2, -0.15) is 0 Å². The minimum atomic E-state index is 1.00. The average Bonchev–Trinajstić information content (AvgIpc) is 2.38. The molecule has 0 atom stereocenters. The molecule has 94 valence electrons. The summed E-state index contributed by atoms with van der Waals surface area (Å²) in [7, 11) is 0. The number of hydrogen-bond donors (Lipinski definition) is 1. The van der Waals surface area contributed by atoms with Gasteiger partial charge in [0.15, 0.2) is 0 Å². The summed E-state index contributed by atoms with van der Waals surface area (Å²) in [6, 6.07) is 0. The van der Waals surface area contributed by atoms with Gasteiger partial charge < -0.3 is 10.2 Å². The van der Waals surface area contributed by atoms with E-state index in [2.05, 4.69) is 17.1 Å². The third kappa shape index (κ3) is 3.74. The molecule has 0 spiro atoms. The van der Waals surface area contributed by atoms with Gasteiger partial charge in [-0.05, 0) is 76.7 Å². The largest absolute Gasteiger partial charge is 0.317 e.